The molecular weight excluding hydrogens is 475 g/mol. The number of aromatic nitrogens is 2. The lowest BCUT2D eigenvalue weighted by Crippen LogP contribution is -2.08. The van der Waals surface area contributed by atoms with Crippen molar-refractivity contribution in [3.63, 3.8) is 0 Å². The highest BCUT2D eigenvalue weighted by Crippen LogP contribution is 2.36. The third-order valence-electron chi connectivity index (χ3n) is 3.76. The van der Waals surface area contributed by atoms with E-state index in [1.54, 1.807) is 14.2 Å². The fraction of sp³-hybridized carbons (Fsp3) is 0.300. The van der Waals surface area contributed by atoms with Crippen LogP contribution in [0.2, 0.25) is 0 Å². The van der Waals surface area contributed by atoms with Gasteiger partial charge in [-0.25, -0.2) is 9.97 Å². The Balaban J connectivity index is 1.95. The third kappa shape index (κ3) is 5.43. The van der Waals surface area contributed by atoms with E-state index in [-0.39, 0.29) is 0 Å². The molecule has 0 saturated carbocycles. The molecule has 0 saturated heterocycles. The molecule has 0 fully saturated rings. The van der Waals surface area contributed by atoms with Crippen LogP contribution in [-0.2, 0) is 9.47 Å². The van der Waals surface area contributed by atoms with Crippen molar-refractivity contribution in [1.29, 1.82) is 0 Å². The maximum absolute atomic E-state index is 5.99. The molecule has 1 aromatic heterocycles. The van der Waals surface area contributed by atoms with E-state index in [1.165, 1.54) is 6.33 Å². The average molecular weight is 496 g/mol. The largest absolute Gasteiger partial charge is 0.487 e. The Bertz CT molecular complexity index is 922. The standard InChI is InChI=1S/C20H21IN2O5/c1-24-6-8-26-18-11-16-17(12-19(18)27-9-7-25-2)22-13-23-20(16)28-15-5-3-4-14(21)10-15/h3-5,10-13H,6-9H2,1-2H3. The summed E-state index contributed by atoms with van der Waals surface area (Å²) in [5.74, 6) is 2.31. The molecule has 0 N–H and O–H groups in total. The molecule has 0 aliphatic heterocycles. The van der Waals surface area contributed by atoms with Crippen molar-refractivity contribution in [2.75, 3.05) is 40.6 Å². The number of hydrogen-bond acceptors (Lipinski definition) is 7. The summed E-state index contributed by atoms with van der Waals surface area (Å²) in [6, 6.07) is 11.4. The summed E-state index contributed by atoms with van der Waals surface area (Å²) in [6.45, 7) is 1.73. The van der Waals surface area contributed by atoms with E-state index in [9.17, 15) is 0 Å². The fourth-order valence-electron chi connectivity index (χ4n) is 2.46. The normalized spacial score (nSPS) is 10.8. The van der Waals surface area contributed by atoms with E-state index in [1.807, 2.05) is 36.4 Å². The molecule has 3 aromatic rings. The molecule has 1 heterocycles. The first kappa shape index (κ1) is 20.6. The van der Waals surface area contributed by atoms with Crippen molar-refractivity contribution in [3.05, 3.63) is 46.3 Å². The van der Waals surface area contributed by atoms with Crippen LogP contribution < -0.4 is 14.2 Å². The van der Waals surface area contributed by atoms with E-state index in [2.05, 4.69) is 32.6 Å². The van der Waals surface area contributed by atoms with Gasteiger partial charge in [0.2, 0.25) is 5.88 Å². The van der Waals surface area contributed by atoms with Gasteiger partial charge in [-0.3, -0.25) is 0 Å². The minimum absolute atomic E-state index is 0.392. The summed E-state index contributed by atoms with van der Waals surface area (Å²) >= 11 is 2.24. The van der Waals surface area contributed by atoms with E-state index in [4.69, 9.17) is 23.7 Å². The summed E-state index contributed by atoms with van der Waals surface area (Å²) in [5, 5.41) is 0.730. The maximum Gasteiger partial charge on any atom is 0.230 e. The van der Waals surface area contributed by atoms with Gasteiger partial charge in [-0.05, 0) is 46.9 Å². The first-order chi connectivity index (χ1) is 13.7. The average Bonchev–Trinajstić information content (AvgIpc) is 2.69. The predicted molar refractivity (Wildman–Crippen MR) is 114 cm³/mol. The number of benzene rings is 2. The van der Waals surface area contributed by atoms with Gasteiger partial charge in [-0.1, -0.05) is 6.07 Å². The van der Waals surface area contributed by atoms with Gasteiger partial charge in [0.05, 0.1) is 24.1 Å². The zero-order valence-electron chi connectivity index (χ0n) is 15.7. The lowest BCUT2D eigenvalue weighted by molar-refractivity contribution is 0.132. The predicted octanol–water partition coefficient (Wildman–Crippen LogP) is 4.08. The van der Waals surface area contributed by atoms with Gasteiger partial charge in [-0.2, -0.15) is 0 Å². The third-order valence-corrected chi connectivity index (χ3v) is 4.44. The molecule has 0 bridgehead atoms. The summed E-state index contributed by atoms with van der Waals surface area (Å²) in [6.07, 6.45) is 1.47. The van der Waals surface area contributed by atoms with Crippen LogP contribution in [0.3, 0.4) is 0 Å². The molecule has 0 unspecified atom stereocenters. The summed E-state index contributed by atoms with van der Waals surface area (Å²) in [5.41, 5.74) is 0.696. The number of ether oxygens (including phenoxy) is 5. The van der Waals surface area contributed by atoms with Crippen molar-refractivity contribution in [1.82, 2.24) is 9.97 Å². The lowest BCUT2D eigenvalue weighted by Gasteiger charge is -2.15. The smallest absolute Gasteiger partial charge is 0.230 e. The van der Waals surface area contributed by atoms with E-state index in [0.717, 1.165) is 8.96 Å². The molecule has 0 atom stereocenters. The minimum Gasteiger partial charge on any atom is -0.487 e. The van der Waals surface area contributed by atoms with Gasteiger partial charge in [0.15, 0.2) is 11.5 Å². The van der Waals surface area contributed by atoms with Crippen molar-refractivity contribution in [2.24, 2.45) is 0 Å². The van der Waals surface area contributed by atoms with Crippen LogP contribution in [0.15, 0.2) is 42.7 Å². The molecule has 0 amide bonds. The fourth-order valence-corrected chi connectivity index (χ4v) is 2.97. The second-order valence-corrected chi connectivity index (χ2v) is 6.98. The zero-order valence-corrected chi connectivity index (χ0v) is 17.8. The number of methoxy groups -OCH3 is 2. The molecule has 148 valence electrons. The Labute approximate surface area is 177 Å². The van der Waals surface area contributed by atoms with Gasteiger partial charge in [0.1, 0.15) is 25.3 Å². The Morgan fingerprint density at radius 1 is 0.857 bits per heavy atom. The van der Waals surface area contributed by atoms with Gasteiger partial charge >= 0.3 is 0 Å². The number of fused-ring (bicyclic) bond motifs is 1. The molecule has 0 radical (unpaired) electrons. The van der Waals surface area contributed by atoms with Gasteiger partial charge < -0.3 is 23.7 Å². The Kier molecular flexibility index (Phi) is 7.63. The molecule has 0 spiro atoms. The maximum atomic E-state index is 5.99. The van der Waals surface area contributed by atoms with Gasteiger partial charge in [0.25, 0.3) is 0 Å². The molecule has 0 aliphatic carbocycles. The summed E-state index contributed by atoms with van der Waals surface area (Å²) in [7, 11) is 3.25. The number of nitrogens with zero attached hydrogens (tertiary/aromatic N) is 2. The Morgan fingerprint density at radius 2 is 1.57 bits per heavy atom. The van der Waals surface area contributed by atoms with E-state index >= 15 is 0 Å². The van der Waals surface area contributed by atoms with E-state index < -0.39 is 0 Å². The molecule has 3 rings (SSSR count). The zero-order chi connectivity index (χ0) is 19.8. The highest BCUT2D eigenvalue weighted by molar-refractivity contribution is 14.1. The van der Waals surface area contributed by atoms with E-state index in [0.29, 0.717) is 55.1 Å². The van der Waals surface area contributed by atoms with Crippen LogP contribution in [0.4, 0.5) is 0 Å². The molecule has 2 aromatic carbocycles. The highest BCUT2D eigenvalue weighted by Gasteiger charge is 2.14. The number of halogens is 1. The number of rotatable bonds is 10. The van der Waals surface area contributed by atoms with Crippen molar-refractivity contribution in [3.8, 4) is 23.1 Å². The Morgan fingerprint density at radius 3 is 2.25 bits per heavy atom. The van der Waals surface area contributed by atoms with Crippen LogP contribution in [0, 0.1) is 3.57 Å². The summed E-state index contributed by atoms with van der Waals surface area (Å²) < 4.78 is 28.8. The highest BCUT2D eigenvalue weighted by atomic mass is 127. The van der Waals surface area contributed by atoms with Crippen LogP contribution in [-0.4, -0.2) is 50.6 Å². The lowest BCUT2D eigenvalue weighted by atomic mass is 10.2. The minimum atomic E-state index is 0.392. The van der Waals surface area contributed by atoms with Crippen molar-refractivity contribution >= 4 is 33.5 Å². The quantitative estimate of drug-likeness (QED) is 0.310. The Hall–Kier alpha value is -2.17. The van der Waals surface area contributed by atoms with Gasteiger partial charge in [0, 0.05) is 23.9 Å². The van der Waals surface area contributed by atoms with Crippen LogP contribution in [0.25, 0.3) is 10.9 Å². The van der Waals surface area contributed by atoms with Crippen molar-refractivity contribution < 1.29 is 23.7 Å². The van der Waals surface area contributed by atoms with Crippen LogP contribution in [0.5, 0.6) is 23.1 Å². The molecular formula is C20H21IN2O5. The first-order valence-electron chi connectivity index (χ1n) is 8.67. The topological polar surface area (TPSA) is 71.9 Å². The second-order valence-electron chi connectivity index (χ2n) is 5.74. The SMILES string of the molecule is COCCOc1cc2ncnc(Oc3cccc(I)c3)c2cc1OCCOC. The first-order valence-corrected chi connectivity index (χ1v) is 9.75. The monoisotopic (exact) mass is 496 g/mol. The number of hydrogen-bond donors (Lipinski definition) is 0. The second kappa shape index (κ2) is 10.4. The molecule has 7 nitrogen and oxygen atoms in total. The molecule has 28 heavy (non-hydrogen) atoms. The molecule has 8 heteroatoms. The van der Waals surface area contributed by atoms with Crippen LogP contribution >= 0.6 is 22.6 Å². The van der Waals surface area contributed by atoms with Crippen LogP contribution in [0.1, 0.15) is 0 Å². The summed E-state index contributed by atoms with van der Waals surface area (Å²) in [4.78, 5) is 8.64. The molecule has 0 aliphatic rings. The van der Waals surface area contributed by atoms with Crippen molar-refractivity contribution in [2.45, 2.75) is 0 Å². The van der Waals surface area contributed by atoms with Gasteiger partial charge in [-0.15, -0.1) is 0 Å².